The van der Waals surface area contributed by atoms with Crippen LogP contribution in [-0.4, -0.2) is 12.2 Å². The van der Waals surface area contributed by atoms with Crippen LogP contribution < -0.4 is 9.47 Å². The number of hydrogen-bond donors (Lipinski definition) is 1. The normalized spacial score (nSPS) is 8.67. The zero-order valence-corrected chi connectivity index (χ0v) is 6.44. The van der Waals surface area contributed by atoms with Crippen molar-refractivity contribution in [2.24, 2.45) is 0 Å². The Labute approximate surface area is 69.6 Å². The molecule has 12 heavy (non-hydrogen) atoms. The van der Waals surface area contributed by atoms with Crippen LogP contribution in [0.3, 0.4) is 0 Å². The highest BCUT2D eigenvalue weighted by Crippen LogP contribution is 2.29. The van der Waals surface area contributed by atoms with Crippen molar-refractivity contribution in [3.8, 4) is 23.5 Å². The third-order valence-corrected chi connectivity index (χ3v) is 1.31. The van der Waals surface area contributed by atoms with Crippen molar-refractivity contribution in [1.82, 2.24) is 0 Å². The van der Waals surface area contributed by atoms with Gasteiger partial charge in [-0.2, -0.15) is 0 Å². The second-order valence-corrected chi connectivity index (χ2v) is 2.03. The highest BCUT2D eigenvalue weighted by atomic mass is 16.5. The molecule has 0 spiro atoms. The quantitative estimate of drug-likeness (QED) is 0.670. The molecule has 0 atom stereocenters. The first-order chi connectivity index (χ1) is 5.77. The lowest BCUT2D eigenvalue weighted by Gasteiger charge is -2.03. The van der Waals surface area contributed by atoms with E-state index >= 15 is 0 Å². The minimum atomic E-state index is 0.0165. The zero-order chi connectivity index (χ0) is 8.97. The fourth-order valence-corrected chi connectivity index (χ4v) is 0.774. The number of aromatic hydroxyl groups is 1. The van der Waals surface area contributed by atoms with Crippen molar-refractivity contribution in [3.05, 3.63) is 18.2 Å². The van der Waals surface area contributed by atoms with Gasteiger partial charge in [-0.3, -0.25) is 0 Å². The maximum Gasteiger partial charge on any atom is 0.292 e. The van der Waals surface area contributed by atoms with E-state index in [1.165, 1.54) is 31.6 Å². The van der Waals surface area contributed by atoms with Gasteiger partial charge < -0.3 is 14.6 Å². The Hall–Kier alpha value is -1.89. The molecule has 0 aliphatic rings. The third kappa shape index (κ3) is 1.58. The molecule has 0 unspecified atom stereocenters. The lowest BCUT2D eigenvalue weighted by molar-refractivity contribution is 0.370. The molecular formula is C8H7NO3. The molecule has 0 heterocycles. The van der Waals surface area contributed by atoms with Crippen molar-refractivity contribution >= 4 is 0 Å². The van der Waals surface area contributed by atoms with Crippen molar-refractivity contribution in [3.63, 3.8) is 0 Å². The fourth-order valence-electron chi connectivity index (χ4n) is 0.774. The van der Waals surface area contributed by atoms with Gasteiger partial charge in [0.05, 0.1) is 7.11 Å². The maximum absolute atomic E-state index is 9.14. The molecule has 1 rings (SSSR count). The lowest BCUT2D eigenvalue weighted by atomic mass is 10.3. The van der Waals surface area contributed by atoms with Gasteiger partial charge in [0.2, 0.25) is 0 Å². The number of rotatable bonds is 2. The number of ether oxygens (including phenoxy) is 2. The summed E-state index contributed by atoms with van der Waals surface area (Å²) in [5.74, 6) is 0.637. The SMILES string of the molecule is COc1cc(OC#N)ccc1O. The number of phenolic OH excluding ortho intramolecular Hbond substituents is 1. The minimum absolute atomic E-state index is 0.0165. The van der Waals surface area contributed by atoms with Gasteiger partial charge in [0.25, 0.3) is 6.26 Å². The van der Waals surface area contributed by atoms with Crippen LogP contribution in [-0.2, 0) is 0 Å². The van der Waals surface area contributed by atoms with Gasteiger partial charge in [0, 0.05) is 6.07 Å². The largest absolute Gasteiger partial charge is 0.504 e. The Balaban J connectivity index is 2.98. The zero-order valence-electron chi connectivity index (χ0n) is 6.44. The molecule has 0 saturated carbocycles. The smallest absolute Gasteiger partial charge is 0.292 e. The van der Waals surface area contributed by atoms with Gasteiger partial charge in [-0.05, 0) is 12.1 Å². The monoisotopic (exact) mass is 165 g/mol. The molecule has 4 nitrogen and oxygen atoms in total. The summed E-state index contributed by atoms with van der Waals surface area (Å²) >= 11 is 0. The Morgan fingerprint density at radius 2 is 2.25 bits per heavy atom. The number of hydrogen-bond acceptors (Lipinski definition) is 4. The topological polar surface area (TPSA) is 62.5 Å². The average Bonchev–Trinajstić information content (AvgIpc) is 2.09. The van der Waals surface area contributed by atoms with E-state index in [0.29, 0.717) is 5.75 Å². The van der Waals surface area contributed by atoms with Gasteiger partial charge in [0.15, 0.2) is 11.5 Å². The van der Waals surface area contributed by atoms with Crippen LogP contribution >= 0.6 is 0 Å². The molecule has 0 aliphatic heterocycles. The predicted molar refractivity (Wildman–Crippen MR) is 40.9 cm³/mol. The van der Waals surface area contributed by atoms with Gasteiger partial charge >= 0.3 is 0 Å². The van der Waals surface area contributed by atoms with E-state index in [1.807, 2.05) is 0 Å². The van der Waals surface area contributed by atoms with Crippen molar-refractivity contribution in [1.29, 1.82) is 5.26 Å². The van der Waals surface area contributed by atoms with E-state index < -0.39 is 0 Å². The summed E-state index contributed by atoms with van der Waals surface area (Å²) in [6, 6.07) is 4.30. The number of nitrogens with zero attached hydrogens (tertiary/aromatic N) is 1. The van der Waals surface area contributed by atoms with Crippen LogP contribution in [0, 0.1) is 11.5 Å². The van der Waals surface area contributed by atoms with Crippen LogP contribution in [0.1, 0.15) is 0 Å². The number of nitriles is 1. The Morgan fingerprint density at radius 3 is 2.83 bits per heavy atom. The molecule has 1 N–H and O–H groups in total. The maximum atomic E-state index is 9.14. The highest BCUT2D eigenvalue weighted by Gasteiger charge is 2.02. The summed E-state index contributed by atoms with van der Waals surface area (Å²) in [4.78, 5) is 0. The number of phenols is 1. The Bertz CT molecular complexity index is 317. The minimum Gasteiger partial charge on any atom is -0.504 e. The molecule has 0 fully saturated rings. The van der Waals surface area contributed by atoms with Crippen LogP contribution in [0.25, 0.3) is 0 Å². The first-order valence-corrected chi connectivity index (χ1v) is 3.21. The Morgan fingerprint density at radius 1 is 1.50 bits per heavy atom. The molecule has 0 amide bonds. The van der Waals surface area contributed by atoms with Gasteiger partial charge in [-0.1, -0.05) is 0 Å². The fraction of sp³-hybridized carbons (Fsp3) is 0.125. The summed E-state index contributed by atoms with van der Waals surface area (Å²) in [6.45, 7) is 0. The predicted octanol–water partition coefficient (Wildman–Crippen LogP) is 1.26. The van der Waals surface area contributed by atoms with Crippen LogP contribution in [0.5, 0.6) is 17.2 Å². The molecule has 1 aromatic rings. The molecule has 0 saturated heterocycles. The third-order valence-electron chi connectivity index (χ3n) is 1.31. The summed E-state index contributed by atoms with van der Waals surface area (Å²) in [6.07, 6.45) is 1.52. The lowest BCUT2D eigenvalue weighted by Crippen LogP contribution is -1.86. The number of benzene rings is 1. The molecule has 0 aromatic heterocycles. The van der Waals surface area contributed by atoms with E-state index in [-0.39, 0.29) is 11.5 Å². The van der Waals surface area contributed by atoms with Gasteiger partial charge in [0.1, 0.15) is 5.75 Å². The molecule has 4 heteroatoms. The molecular weight excluding hydrogens is 158 g/mol. The van der Waals surface area contributed by atoms with E-state index in [1.54, 1.807) is 0 Å². The van der Waals surface area contributed by atoms with Crippen molar-refractivity contribution in [2.75, 3.05) is 7.11 Å². The number of methoxy groups -OCH3 is 1. The van der Waals surface area contributed by atoms with Crippen molar-refractivity contribution < 1.29 is 14.6 Å². The van der Waals surface area contributed by atoms with Gasteiger partial charge in [-0.25, -0.2) is 0 Å². The first kappa shape index (κ1) is 8.21. The summed E-state index contributed by atoms with van der Waals surface area (Å²) in [5.41, 5.74) is 0. The van der Waals surface area contributed by atoms with E-state index in [2.05, 4.69) is 4.74 Å². The molecule has 0 aliphatic carbocycles. The van der Waals surface area contributed by atoms with Crippen LogP contribution in [0.15, 0.2) is 18.2 Å². The first-order valence-electron chi connectivity index (χ1n) is 3.21. The summed E-state index contributed by atoms with van der Waals surface area (Å²) < 4.78 is 9.31. The van der Waals surface area contributed by atoms with Crippen LogP contribution in [0.2, 0.25) is 0 Å². The van der Waals surface area contributed by atoms with E-state index in [9.17, 15) is 0 Å². The summed E-state index contributed by atoms with van der Waals surface area (Å²) in [5, 5.41) is 17.3. The van der Waals surface area contributed by atoms with Crippen molar-refractivity contribution in [2.45, 2.75) is 0 Å². The summed E-state index contributed by atoms with van der Waals surface area (Å²) in [7, 11) is 1.42. The van der Waals surface area contributed by atoms with Gasteiger partial charge in [-0.15, -0.1) is 5.26 Å². The molecule has 0 radical (unpaired) electrons. The average molecular weight is 165 g/mol. The molecule has 1 aromatic carbocycles. The standard InChI is InChI=1S/C8H7NO3/c1-11-8-4-6(12-5-9)2-3-7(8)10/h2-4,10H,1H3. The van der Waals surface area contributed by atoms with Crippen LogP contribution in [0.4, 0.5) is 0 Å². The molecule has 0 bridgehead atoms. The highest BCUT2D eigenvalue weighted by molar-refractivity contribution is 5.44. The Kier molecular flexibility index (Phi) is 2.38. The second-order valence-electron chi connectivity index (χ2n) is 2.03. The molecule has 62 valence electrons. The van der Waals surface area contributed by atoms with E-state index in [4.69, 9.17) is 15.1 Å². The van der Waals surface area contributed by atoms with E-state index in [0.717, 1.165) is 0 Å². The second kappa shape index (κ2) is 3.49.